The first-order valence-electron chi connectivity index (χ1n) is 4.21. The van der Waals surface area contributed by atoms with Crippen LogP contribution in [0.4, 0.5) is 0 Å². The molecule has 76 valence electrons. The fourth-order valence-electron chi connectivity index (χ4n) is 1.20. The van der Waals surface area contributed by atoms with Crippen LogP contribution in [0, 0.1) is 0 Å². The monoisotopic (exact) mass is 266 g/mol. The maximum atomic E-state index is 10.7. The molecule has 1 N–H and O–H groups in total. The highest BCUT2D eigenvalue weighted by Crippen LogP contribution is 2.19. The van der Waals surface area contributed by atoms with Gasteiger partial charge in [-0.25, -0.2) is 9.48 Å². The van der Waals surface area contributed by atoms with E-state index in [1.807, 2.05) is 24.3 Å². The Morgan fingerprint density at radius 1 is 1.40 bits per heavy atom. The molecule has 0 aliphatic rings. The molecule has 0 bridgehead atoms. The van der Waals surface area contributed by atoms with Gasteiger partial charge in [-0.2, -0.15) is 5.10 Å². The molecule has 15 heavy (non-hydrogen) atoms. The molecule has 0 unspecified atom stereocenters. The van der Waals surface area contributed by atoms with E-state index in [-0.39, 0.29) is 5.56 Å². The summed E-state index contributed by atoms with van der Waals surface area (Å²) in [6.07, 6.45) is 2.80. The van der Waals surface area contributed by atoms with E-state index < -0.39 is 5.97 Å². The largest absolute Gasteiger partial charge is 0.478 e. The summed E-state index contributed by atoms with van der Waals surface area (Å²) in [5.74, 6) is -0.978. The molecule has 0 spiro atoms. The van der Waals surface area contributed by atoms with Gasteiger partial charge in [-0.15, -0.1) is 0 Å². The number of hydrogen-bond acceptors (Lipinski definition) is 2. The van der Waals surface area contributed by atoms with Crippen molar-refractivity contribution in [1.82, 2.24) is 9.78 Å². The van der Waals surface area contributed by atoms with E-state index >= 15 is 0 Å². The van der Waals surface area contributed by atoms with Gasteiger partial charge < -0.3 is 5.11 Å². The van der Waals surface area contributed by atoms with E-state index in [4.69, 9.17) is 5.11 Å². The molecule has 0 saturated heterocycles. The minimum absolute atomic E-state index is 0.172. The normalized spacial score (nSPS) is 10.2. The van der Waals surface area contributed by atoms with Gasteiger partial charge in [0.1, 0.15) is 0 Å². The van der Waals surface area contributed by atoms with Crippen LogP contribution in [-0.2, 0) is 0 Å². The minimum atomic E-state index is -0.978. The molecule has 1 aromatic heterocycles. The number of aromatic carboxylic acids is 1. The highest BCUT2D eigenvalue weighted by atomic mass is 79.9. The third kappa shape index (κ3) is 1.92. The van der Waals surface area contributed by atoms with Gasteiger partial charge in [-0.3, -0.25) is 0 Å². The summed E-state index contributed by atoms with van der Waals surface area (Å²) in [5, 5.41) is 12.7. The topological polar surface area (TPSA) is 55.1 Å². The smallest absolute Gasteiger partial charge is 0.338 e. The molecule has 0 amide bonds. The predicted molar refractivity (Wildman–Crippen MR) is 58.2 cm³/mol. The van der Waals surface area contributed by atoms with Crippen LogP contribution in [-0.4, -0.2) is 20.9 Å². The van der Waals surface area contributed by atoms with Crippen molar-refractivity contribution >= 4 is 21.9 Å². The second-order valence-electron chi connectivity index (χ2n) is 2.93. The van der Waals surface area contributed by atoms with Crippen LogP contribution in [0.15, 0.2) is 41.1 Å². The summed E-state index contributed by atoms with van der Waals surface area (Å²) in [6, 6.07) is 7.47. The van der Waals surface area contributed by atoms with E-state index in [9.17, 15) is 4.79 Å². The molecule has 5 heteroatoms. The first kappa shape index (κ1) is 9.92. The lowest BCUT2D eigenvalue weighted by molar-refractivity contribution is 0.0697. The maximum Gasteiger partial charge on any atom is 0.338 e. The van der Waals surface area contributed by atoms with E-state index in [2.05, 4.69) is 21.0 Å². The molecule has 0 atom stereocenters. The van der Waals surface area contributed by atoms with Gasteiger partial charge in [-0.1, -0.05) is 12.1 Å². The van der Waals surface area contributed by atoms with Crippen molar-refractivity contribution in [2.75, 3.05) is 0 Å². The Morgan fingerprint density at radius 3 is 2.73 bits per heavy atom. The van der Waals surface area contributed by atoms with Crippen molar-refractivity contribution in [3.05, 3.63) is 46.7 Å². The first-order valence-corrected chi connectivity index (χ1v) is 5.00. The van der Waals surface area contributed by atoms with E-state index in [0.29, 0.717) is 0 Å². The van der Waals surface area contributed by atoms with Crippen LogP contribution in [0.1, 0.15) is 10.4 Å². The molecular weight excluding hydrogens is 260 g/mol. The maximum absolute atomic E-state index is 10.7. The van der Waals surface area contributed by atoms with Crippen molar-refractivity contribution < 1.29 is 9.90 Å². The first-order chi connectivity index (χ1) is 7.18. The number of hydrogen-bond donors (Lipinski definition) is 1. The SMILES string of the molecule is O=C(O)c1cnn(-c2ccccc2Br)c1. The van der Waals surface area contributed by atoms with Crippen molar-refractivity contribution in [3.63, 3.8) is 0 Å². The second kappa shape index (κ2) is 3.86. The molecule has 0 radical (unpaired) electrons. The lowest BCUT2D eigenvalue weighted by Crippen LogP contribution is -1.96. The minimum Gasteiger partial charge on any atom is -0.478 e. The standard InChI is InChI=1S/C10H7BrN2O2/c11-8-3-1-2-4-9(8)13-6-7(5-12-13)10(14)15/h1-6H,(H,14,15). The molecule has 0 saturated carbocycles. The number of nitrogens with zero attached hydrogens (tertiary/aromatic N) is 2. The third-order valence-corrected chi connectivity index (χ3v) is 2.60. The molecule has 2 aromatic rings. The van der Waals surface area contributed by atoms with Gasteiger partial charge in [0.05, 0.1) is 17.4 Å². The molecule has 0 fully saturated rings. The van der Waals surface area contributed by atoms with Crippen LogP contribution >= 0.6 is 15.9 Å². The summed E-state index contributed by atoms with van der Waals surface area (Å²) in [5.41, 5.74) is 0.982. The molecular formula is C10H7BrN2O2. The summed E-state index contributed by atoms with van der Waals surface area (Å²) in [7, 11) is 0. The Hall–Kier alpha value is -1.62. The van der Waals surface area contributed by atoms with Crippen molar-refractivity contribution in [2.24, 2.45) is 0 Å². The number of carboxylic acid groups (broad SMARTS) is 1. The molecule has 2 rings (SSSR count). The van der Waals surface area contributed by atoms with Gasteiger partial charge >= 0.3 is 5.97 Å². The van der Waals surface area contributed by atoms with Gasteiger partial charge in [0.2, 0.25) is 0 Å². The zero-order valence-corrected chi connectivity index (χ0v) is 9.18. The molecule has 4 nitrogen and oxygen atoms in total. The summed E-state index contributed by atoms with van der Waals surface area (Å²) in [6.45, 7) is 0. The molecule has 0 aliphatic heterocycles. The highest BCUT2D eigenvalue weighted by molar-refractivity contribution is 9.10. The number of halogens is 1. The number of carboxylic acids is 1. The number of benzene rings is 1. The van der Waals surface area contributed by atoms with Crippen LogP contribution in [0.5, 0.6) is 0 Å². The number of rotatable bonds is 2. The fraction of sp³-hybridized carbons (Fsp3) is 0. The lowest BCUT2D eigenvalue weighted by atomic mass is 10.3. The Bertz CT molecular complexity index is 508. The van der Waals surface area contributed by atoms with Crippen LogP contribution in [0.2, 0.25) is 0 Å². The third-order valence-electron chi connectivity index (χ3n) is 1.93. The zero-order valence-electron chi connectivity index (χ0n) is 7.59. The quantitative estimate of drug-likeness (QED) is 0.908. The van der Waals surface area contributed by atoms with E-state index in [1.165, 1.54) is 17.1 Å². The van der Waals surface area contributed by atoms with Crippen molar-refractivity contribution in [3.8, 4) is 5.69 Å². The van der Waals surface area contributed by atoms with Crippen LogP contribution in [0.25, 0.3) is 5.69 Å². The predicted octanol–water partition coefficient (Wildman–Crippen LogP) is 2.33. The van der Waals surface area contributed by atoms with E-state index in [1.54, 1.807) is 0 Å². The molecule has 0 aliphatic carbocycles. The number of para-hydroxylation sites is 1. The Balaban J connectivity index is 2.46. The van der Waals surface area contributed by atoms with E-state index in [0.717, 1.165) is 10.2 Å². The Labute approximate surface area is 94.3 Å². The molecule has 1 aromatic carbocycles. The second-order valence-corrected chi connectivity index (χ2v) is 3.78. The number of aromatic nitrogens is 2. The summed E-state index contributed by atoms with van der Waals surface area (Å²) in [4.78, 5) is 10.7. The van der Waals surface area contributed by atoms with Gasteiger partial charge in [0, 0.05) is 10.7 Å². The number of carbonyl (C=O) groups is 1. The average molecular weight is 267 g/mol. The van der Waals surface area contributed by atoms with Crippen LogP contribution < -0.4 is 0 Å². The summed E-state index contributed by atoms with van der Waals surface area (Å²) < 4.78 is 2.39. The molecule has 1 heterocycles. The zero-order chi connectivity index (χ0) is 10.8. The average Bonchev–Trinajstić information content (AvgIpc) is 2.67. The van der Waals surface area contributed by atoms with Gasteiger partial charge in [0.25, 0.3) is 0 Å². The van der Waals surface area contributed by atoms with Gasteiger partial charge in [-0.05, 0) is 28.1 Å². The Morgan fingerprint density at radius 2 is 2.13 bits per heavy atom. The van der Waals surface area contributed by atoms with Crippen molar-refractivity contribution in [2.45, 2.75) is 0 Å². The Kier molecular flexibility index (Phi) is 2.55. The van der Waals surface area contributed by atoms with Gasteiger partial charge in [0.15, 0.2) is 0 Å². The summed E-state index contributed by atoms with van der Waals surface area (Å²) >= 11 is 3.37. The fourth-order valence-corrected chi connectivity index (χ4v) is 1.67. The van der Waals surface area contributed by atoms with Crippen LogP contribution in [0.3, 0.4) is 0 Å². The lowest BCUT2D eigenvalue weighted by Gasteiger charge is -2.02. The highest BCUT2D eigenvalue weighted by Gasteiger charge is 2.08. The van der Waals surface area contributed by atoms with Crippen molar-refractivity contribution in [1.29, 1.82) is 0 Å².